The summed E-state index contributed by atoms with van der Waals surface area (Å²) < 4.78 is 2.60. The third kappa shape index (κ3) is 2.31. The van der Waals surface area contributed by atoms with Crippen molar-refractivity contribution in [1.82, 2.24) is 15.1 Å². The zero-order valence-corrected chi connectivity index (χ0v) is 12.0. The molecule has 0 aliphatic carbocycles. The monoisotopic (exact) mass is 299 g/mol. The van der Waals surface area contributed by atoms with Gasteiger partial charge < -0.3 is 5.32 Å². The molecule has 4 nitrogen and oxygen atoms in total. The van der Waals surface area contributed by atoms with Gasteiger partial charge in [0.15, 0.2) is 5.78 Å². The largest absolute Gasteiger partial charge is 0.313 e. The van der Waals surface area contributed by atoms with Crippen molar-refractivity contribution in [3.8, 4) is 0 Å². The Morgan fingerprint density at radius 3 is 2.88 bits per heavy atom. The van der Waals surface area contributed by atoms with Crippen molar-refractivity contribution in [3.05, 3.63) is 16.4 Å². The molecular formula is C12H18BrN3O. The molecule has 0 radical (unpaired) electrons. The quantitative estimate of drug-likeness (QED) is 0.872. The Morgan fingerprint density at radius 1 is 1.65 bits per heavy atom. The van der Waals surface area contributed by atoms with Gasteiger partial charge in [-0.15, -0.1) is 0 Å². The number of aromatic nitrogens is 2. The van der Waals surface area contributed by atoms with Crippen molar-refractivity contribution >= 4 is 21.7 Å². The first kappa shape index (κ1) is 12.8. The molecule has 1 aliphatic rings. The summed E-state index contributed by atoms with van der Waals surface area (Å²) in [5, 5.41) is 7.58. The number of rotatable bonds is 3. The van der Waals surface area contributed by atoms with E-state index in [4.69, 9.17) is 0 Å². The van der Waals surface area contributed by atoms with E-state index in [1.165, 1.54) is 0 Å². The molecule has 0 saturated carbocycles. The summed E-state index contributed by atoms with van der Waals surface area (Å²) in [6.45, 7) is 7.06. The Bertz CT molecular complexity index is 427. The summed E-state index contributed by atoms with van der Waals surface area (Å²) in [5.74, 6) is 0.265. The molecular weight excluding hydrogens is 282 g/mol. The van der Waals surface area contributed by atoms with Crippen LogP contribution in [0.5, 0.6) is 0 Å². The summed E-state index contributed by atoms with van der Waals surface area (Å²) in [5.41, 5.74) is 0.709. The number of nitrogens with one attached hydrogen (secondary N) is 1. The lowest BCUT2D eigenvalue weighted by Crippen LogP contribution is -2.30. The molecule has 94 valence electrons. The Labute approximate surface area is 110 Å². The molecule has 1 aromatic heterocycles. The van der Waals surface area contributed by atoms with E-state index >= 15 is 0 Å². The lowest BCUT2D eigenvalue weighted by Gasteiger charge is -2.16. The van der Waals surface area contributed by atoms with Crippen LogP contribution in [0.3, 0.4) is 0 Å². The molecule has 5 heteroatoms. The molecule has 2 atom stereocenters. The van der Waals surface area contributed by atoms with Gasteiger partial charge in [-0.2, -0.15) is 5.10 Å². The van der Waals surface area contributed by atoms with Gasteiger partial charge in [-0.1, -0.05) is 0 Å². The van der Waals surface area contributed by atoms with Crippen LogP contribution in [0, 0.1) is 5.92 Å². The summed E-state index contributed by atoms with van der Waals surface area (Å²) in [6, 6.07) is 0.454. The number of ketones is 1. The Hall–Kier alpha value is -0.680. The highest BCUT2D eigenvalue weighted by Crippen LogP contribution is 2.27. The van der Waals surface area contributed by atoms with Gasteiger partial charge in [0.05, 0.1) is 10.7 Å². The lowest BCUT2D eigenvalue weighted by molar-refractivity contribution is 0.0900. The molecule has 1 aliphatic heterocycles. The second-order valence-corrected chi connectivity index (χ2v) is 5.74. The van der Waals surface area contributed by atoms with E-state index in [1.54, 1.807) is 10.9 Å². The maximum atomic E-state index is 12.5. The minimum Gasteiger partial charge on any atom is -0.313 e. The van der Waals surface area contributed by atoms with Crippen molar-refractivity contribution in [2.24, 2.45) is 5.92 Å². The van der Waals surface area contributed by atoms with Gasteiger partial charge in [0.25, 0.3) is 0 Å². The van der Waals surface area contributed by atoms with Crippen molar-refractivity contribution in [2.75, 3.05) is 6.54 Å². The highest BCUT2D eigenvalue weighted by Gasteiger charge is 2.33. The van der Waals surface area contributed by atoms with Crippen molar-refractivity contribution < 1.29 is 4.79 Å². The second-order valence-electron chi connectivity index (χ2n) is 4.88. The molecule has 0 aromatic carbocycles. The van der Waals surface area contributed by atoms with Crippen molar-refractivity contribution in [1.29, 1.82) is 0 Å². The average molecular weight is 300 g/mol. The Balaban J connectivity index is 2.33. The number of nitrogens with zero attached hydrogens (tertiary/aromatic N) is 2. The van der Waals surface area contributed by atoms with E-state index in [-0.39, 0.29) is 23.8 Å². The van der Waals surface area contributed by atoms with Crippen LogP contribution < -0.4 is 5.32 Å². The molecule has 2 rings (SSSR count). The molecule has 0 amide bonds. The minimum absolute atomic E-state index is 0.0699. The first-order valence-corrected chi connectivity index (χ1v) is 6.82. The fraction of sp³-hybridized carbons (Fsp3) is 0.667. The zero-order valence-electron chi connectivity index (χ0n) is 10.4. The predicted octanol–water partition coefficient (Wildman–Crippen LogP) is 2.41. The van der Waals surface area contributed by atoms with Crippen LogP contribution in [0.1, 0.15) is 43.7 Å². The van der Waals surface area contributed by atoms with Gasteiger partial charge in [0, 0.05) is 18.0 Å². The molecule has 0 bridgehead atoms. The van der Waals surface area contributed by atoms with Gasteiger partial charge in [-0.25, -0.2) is 0 Å². The van der Waals surface area contributed by atoms with Gasteiger partial charge in [0.2, 0.25) is 0 Å². The van der Waals surface area contributed by atoms with E-state index in [1.807, 2.05) is 13.8 Å². The molecule has 2 heterocycles. The summed E-state index contributed by atoms with van der Waals surface area (Å²) in [7, 11) is 0. The standard InChI is InChI=1S/C12H18BrN3O/c1-7(2)16-11(10(13)6-15-16)12(17)9-4-5-14-8(9)3/h6-9,14H,4-5H2,1-3H3. The Kier molecular flexibility index (Phi) is 3.68. The second kappa shape index (κ2) is 4.90. The molecule has 1 fully saturated rings. The lowest BCUT2D eigenvalue weighted by atomic mass is 9.94. The number of hydrogen-bond acceptors (Lipinski definition) is 3. The SMILES string of the molecule is CC1NCCC1C(=O)c1c(Br)cnn1C(C)C. The minimum atomic E-state index is 0.0699. The third-order valence-electron chi connectivity index (χ3n) is 3.34. The molecule has 17 heavy (non-hydrogen) atoms. The molecule has 1 aromatic rings. The smallest absolute Gasteiger partial charge is 0.186 e. The van der Waals surface area contributed by atoms with Gasteiger partial charge in [-0.3, -0.25) is 9.48 Å². The molecule has 1 N–H and O–H groups in total. The number of Topliss-reactive ketones (excluding diaryl/α,β-unsaturated/α-hetero) is 1. The van der Waals surface area contributed by atoms with E-state index < -0.39 is 0 Å². The fourth-order valence-electron chi connectivity index (χ4n) is 2.36. The average Bonchev–Trinajstić information content (AvgIpc) is 2.83. The van der Waals surface area contributed by atoms with Crippen molar-refractivity contribution in [3.63, 3.8) is 0 Å². The molecule has 1 saturated heterocycles. The number of carbonyl (C=O) groups excluding carboxylic acids is 1. The zero-order chi connectivity index (χ0) is 12.6. The maximum Gasteiger partial charge on any atom is 0.186 e. The number of carbonyl (C=O) groups is 1. The number of halogens is 1. The van der Waals surface area contributed by atoms with Gasteiger partial charge in [0.1, 0.15) is 5.69 Å². The third-order valence-corrected chi connectivity index (χ3v) is 3.92. The Morgan fingerprint density at radius 2 is 2.35 bits per heavy atom. The van der Waals surface area contributed by atoms with E-state index in [0.29, 0.717) is 5.69 Å². The number of hydrogen-bond donors (Lipinski definition) is 1. The summed E-state index contributed by atoms with van der Waals surface area (Å²) in [6.07, 6.45) is 2.62. The fourth-order valence-corrected chi connectivity index (χ4v) is 2.82. The maximum absolute atomic E-state index is 12.5. The first-order valence-electron chi connectivity index (χ1n) is 6.03. The summed E-state index contributed by atoms with van der Waals surface area (Å²) >= 11 is 3.43. The highest BCUT2D eigenvalue weighted by atomic mass is 79.9. The molecule has 2 unspecified atom stereocenters. The van der Waals surface area contributed by atoms with E-state index in [9.17, 15) is 4.79 Å². The molecule has 0 spiro atoms. The van der Waals surface area contributed by atoms with Crippen LogP contribution in [-0.2, 0) is 0 Å². The van der Waals surface area contributed by atoms with Crippen LogP contribution in [-0.4, -0.2) is 28.2 Å². The van der Waals surface area contributed by atoms with Crippen LogP contribution in [0.25, 0.3) is 0 Å². The van der Waals surface area contributed by atoms with Gasteiger partial charge >= 0.3 is 0 Å². The van der Waals surface area contributed by atoms with Crippen LogP contribution in [0.15, 0.2) is 10.7 Å². The van der Waals surface area contributed by atoms with Crippen molar-refractivity contribution in [2.45, 2.75) is 39.3 Å². The van der Waals surface area contributed by atoms with Crippen LogP contribution in [0.4, 0.5) is 0 Å². The van der Waals surface area contributed by atoms with E-state index in [2.05, 4.69) is 33.3 Å². The predicted molar refractivity (Wildman–Crippen MR) is 70.2 cm³/mol. The van der Waals surface area contributed by atoms with Gasteiger partial charge in [-0.05, 0) is 49.7 Å². The summed E-state index contributed by atoms with van der Waals surface area (Å²) in [4.78, 5) is 12.5. The van der Waals surface area contributed by atoms with Crippen LogP contribution in [0.2, 0.25) is 0 Å². The van der Waals surface area contributed by atoms with Crippen LogP contribution >= 0.6 is 15.9 Å². The first-order chi connectivity index (χ1) is 8.02. The van der Waals surface area contributed by atoms with E-state index in [0.717, 1.165) is 17.4 Å². The highest BCUT2D eigenvalue weighted by molar-refractivity contribution is 9.10. The topological polar surface area (TPSA) is 46.9 Å². The normalized spacial score (nSPS) is 24.5.